The number of rotatable bonds is 4. The fourth-order valence-electron chi connectivity index (χ4n) is 2.51. The maximum absolute atomic E-state index is 12.3. The lowest BCUT2D eigenvalue weighted by molar-refractivity contribution is 0.523. The van der Waals surface area contributed by atoms with E-state index in [9.17, 15) is 8.42 Å². The molecule has 1 aliphatic rings. The second-order valence-corrected chi connectivity index (χ2v) is 7.62. The standard InChI is InChI=1S/C14H20ClNO2S/c1-10-6-7-11(2)14(8-10)19(17,18)16-9-12-4-3-5-13(12)15/h6-8,12-13,16H,3-5,9H2,1-2H3. The zero-order valence-electron chi connectivity index (χ0n) is 11.3. The molecule has 0 aliphatic heterocycles. The summed E-state index contributed by atoms with van der Waals surface area (Å²) in [4.78, 5) is 0.372. The van der Waals surface area contributed by atoms with Gasteiger partial charge in [0.1, 0.15) is 0 Å². The highest BCUT2D eigenvalue weighted by molar-refractivity contribution is 7.89. The van der Waals surface area contributed by atoms with Crippen LogP contribution in [0.15, 0.2) is 23.1 Å². The Hall–Kier alpha value is -0.580. The summed E-state index contributed by atoms with van der Waals surface area (Å²) in [5, 5.41) is 0.0984. The molecule has 2 rings (SSSR count). The Morgan fingerprint density at radius 2 is 2.05 bits per heavy atom. The first-order valence-corrected chi connectivity index (χ1v) is 8.53. The van der Waals surface area contributed by atoms with E-state index in [1.165, 1.54) is 0 Å². The Labute approximate surface area is 120 Å². The molecule has 0 aromatic heterocycles. The molecule has 1 aromatic carbocycles. The maximum Gasteiger partial charge on any atom is 0.240 e. The van der Waals surface area contributed by atoms with Crippen LogP contribution in [-0.4, -0.2) is 20.3 Å². The zero-order chi connectivity index (χ0) is 14.0. The van der Waals surface area contributed by atoms with Gasteiger partial charge in [-0.3, -0.25) is 0 Å². The minimum absolute atomic E-state index is 0.0984. The SMILES string of the molecule is Cc1ccc(C)c(S(=O)(=O)NCC2CCCC2Cl)c1. The lowest BCUT2D eigenvalue weighted by Gasteiger charge is -2.15. The molecule has 1 aliphatic carbocycles. The summed E-state index contributed by atoms with van der Waals surface area (Å²) in [6.07, 6.45) is 3.07. The van der Waals surface area contributed by atoms with E-state index in [0.717, 1.165) is 30.4 Å². The highest BCUT2D eigenvalue weighted by Crippen LogP contribution is 2.29. The minimum Gasteiger partial charge on any atom is -0.211 e. The molecule has 0 amide bonds. The third-order valence-corrected chi connectivity index (χ3v) is 5.88. The quantitative estimate of drug-likeness (QED) is 0.869. The van der Waals surface area contributed by atoms with E-state index in [2.05, 4.69) is 4.72 Å². The third kappa shape index (κ3) is 3.50. The number of hydrogen-bond donors (Lipinski definition) is 1. The van der Waals surface area contributed by atoms with Gasteiger partial charge in [0, 0.05) is 11.9 Å². The second-order valence-electron chi connectivity index (χ2n) is 5.33. The molecule has 3 nitrogen and oxygen atoms in total. The van der Waals surface area contributed by atoms with Crippen LogP contribution in [0.5, 0.6) is 0 Å². The molecule has 0 saturated heterocycles. The van der Waals surface area contributed by atoms with Crippen LogP contribution in [0, 0.1) is 19.8 Å². The van der Waals surface area contributed by atoms with Crippen molar-refractivity contribution in [2.24, 2.45) is 5.92 Å². The van der Waals surface area contributed by atoms with E-state index in [0.29, 0.717) is 11.4 Å². The Balaban J connectivity index is 2.12. The molecule has 1 N–H and O–H groups in total. The van der Waals surface area contributed by atoms with Gasteiger partial charge in [-0.05, 0) is 49.8 Å². The predicted octanol–water partition coefficient (Wildman–Crippen LogP) is 2.99. The lowest BCUT2D eigenvalue weighted by Crippen LogP contribution is -2.31. The van der Waals surface area contributed by atoms with Gasteiger partial charge in [-0.1, -0.05) is 18.6 Å². The first kappa shape index (κ1) is 14.8. The Bertz CT molecular complexity index is 557. The number of benzene rings is 1. The van der Waals surface area contributed by atoms with E-state index in [4.69, 9.17) is 11.6 Å². The normalized spacial score (nSPS) is 23.7. The van der Waals surface area contributed by atoms with Crippen LogP contribution in [-0.2, 0) is 10.0 Å². The van der Waals surface area contributed by atoms with Crippen LogP contribution in [0.4, 0.5) is 0 Å². The van der Waals surface area contributed by atoms with Crippen LogP contribution in [0.2, 0.25) is 0 Å². The Kier molecular flexibility index (Phi) is 4.54. The molecule has 1 aromatic rings. The summed E-state index contributed by atoms with van der Waals surface area (Å²) < 4.78 is 27.3. The summed E-state index contributed by atoms with van der Waals surface area (Å²) in [5.41, 5.74) is 1.72. The van der Waals surface area contributed by atoms with Crippen molar-refractivity contribution < 1.29 is 8.42 Å². The van der Waals surface area contributed by atoms with Gasteiger partial charge in [0.15, 0.2) is 0 Å². The van der Waals surface area contributed by atoms with Gasteiger partial charge in [0.25, 0.3) is 0 Å². The smallest absolute Gasteiger partial charge is 0.211 e. The molecule has 2 atom stereocenters. The number of sulfonamides is 1. The van der Waals surface area contributed by atoms with Gasteiger partial charge in [-0.25, -0.2) is 13.1 Å². The van der Waals surface area contributed by atoms with Crippen molar-refractivity contribution in [1.82, 2.24) is 4.72 Å². The van der Waals surface area contributed by atoms with Crippen LogP contribution >= 0.6 is 11.6 Å². The van der Waals surface area contributed by atoms with Gasteiger partial charge in [0.2, 0.25) is 10.0 Å². The van der Waals surface area contributed by atoms with Crippen molar-refractivity contribution in [2.75, 3.05) is 6.54 Å². The van der Waals surface area contributed by atoms with Crippen molar-refractivity contribution in [3.8, 4) is 0 Å². The fourth-order valence-corrected chi connectivity index (χ4v) is 4.30. The van der Waals surface area contributed by atoms with Crippen molar-refractivity contribution in [2.45, 2.75) is 43.4 Å². The van der Waals surface area contributed by atoms with Crippen LogP contribution in [0.1, 0.15) is 30.4 Å². The number of nitrogens with one attached hydrogen (secondary N) is 1. The lowest BCUT2D eigenvalue weighted by atomic mass is 10.1. The largest absolute Gasteiger partial charge is 0.240 e. The topological polar surface area (TPSA) is 46.2 Å². The average molecular weight is 302 g/mol. The molecule has 19 heavy (non-hydrogen) atoms. The summed E-state index contributed by atoms with van der Waals surface area (Å²) >= 11 is 6.17. The van der Waals surface area contributed by atoms with Crippen LogP contribution in [0.25, 0.3) is 0 Å². The predicted molar refractivity (Wildman–Crippen MR) is 78.1 cm³/mol. The van der Waals surface area contributed by atoms with E-state index in [1.807, 2.05) is 26.0 Å². The molecule has 5 heteroatoms. The molecule has 2 unspecified atom stereocenters. The Morgan fingerprint density at radius 1 is 1.32 bits per heavy atom. The van der Waals surface area contributed by atoms with Crippen molar-refractivity contribution >= 4 is 21.6 Å². The molecule has 1 fully saturated rings. The van der Waals surface area contributed by atoms with Gasteiger partial charge in [-0.2, -0.15) is 0 Å². The fraction of sp³-hybridized carbons (Fsp3) is 0.571. The molecule has 0 spiro atoms. The van der Waals surface area contributed by atoms with Gasteiger partial charge in [-0.15, -0.1) is 11.6 Å². The summed E-state index contributed by atoms with van der Waals surface area (Å²) in [6, 6.07) is 5.47. The molecule has 0 bridgehead atoms. The third-order valence-electron chi connectivity index (χ3n) is 3.74. The molecule has 1 saturated carbocycles. The zero-order valence-corrected chi connectivity index (χ0v) is 12.9. The molecule has 0 radical (unpaired) electrons. The number of alkyl halides is 1. The average Bonchev–Trinajstić information content (AvgIpc) is 2.75. The number of aryl methyl sites for hydroxylation is 2. The summed E-state index contributed by atoms with van der Waals surface area (Å²) in [7, 11) is -3.43. The minimum atomic E-state index is -3.43. The second kappa shape index (κ2) is 5.81. The number of hydrogen-bond acceptors (Lipinski definition) is 2. The van der Waals surface area contributed by atoms with Crippen molar-refractivity contribution in [3.63, 3.8) is 0 Å². The van der Waals surface area contributed by atoms with Crippen molar-refractivity contribution in [1.29, 1.82) is 0 Å². The highest BCUT2D eigenvalue weighted by atomic mass is 35.5. The van der Waals surface area contributed by atoms with E-state index >= 15 is 0 Å². The van der Waals surface area contributed by atoms with Crippen LogP contribution < -0.4 is 4.72 Å². The maximum atomic E-state index is 12.3. The molecule has 106 valence electrons. The summed E-state index contributed by atoms with van der Waals surface area (Å²) in [6.45, 7) is 4.14. The first-order valence-electron chi connectivity index (χ1n) is 6.61. The summed E-state index contributed by atoms with van der Waals surface area (Å²) in [5.74, 6) is 0.251. The molecule has 0 heterocycles. The van der Waals surface area contributed by atoms with E-state index in [-0.39, 0.29) is 11.3 Å². The number of halogens is 1. The first-order chi connectivity index (χ1) is 8.90. The highest BCUT2D eigenvalue weighted by Gasteiger charge is 2.27. The van der Waals surface area contributed by atoms with Gasteiger partial charge in [0.05, 0.1) is 4.90 Å². The molecular weight excluding hydrogens is 282 g/mol. The van der Waals surface area contributed by atoms with Gasteiger partial charge < -0.3 is 0 Å². The molecular formula is C14H20ClNO2S. The van der Waals surface area contributed by atoms with E-state index < -0.39 is 10.0 Å². The monoisotopic (exact) mass is 301 g/mol. The van der Waals surface area contributed by atoms with Crippen molar-refractivity contribution in [3.05, 3.63) is 29.3 Å². The van der Waals surface area contributed by atoms with E-state index in [1.54, 1.807) is 6.07 Å². The Morgan fingerprint density at radius 3 is 2.68 bits per heavy atom. The van der Waals surface area contributed by atoms with Gasteiger partial charge >= 0.3 is 0 Å². The van der Waals surface area contributed by atoms with Crippen LogP contribution in [0.3, 0.4) is 0 Å².